The van der Waals surface area contributed by atoms with E-state index >= 15 is 0 Å². The lowest BCUT2D eigenvalue weighted by molar-refractivity contribution is 0.619. The molecule has 0 unspecified atom stereocenters. The van der Waals surface area contributed by atoms with E-state index in [1.165, 1.54) is 5.69 Å². The van der Waals surface area contributed by atoms with Gasteiger partial charge in [-0.3, -0.25) is 4.68 Å². The molecular formula is C16H19N3. The monoisotopic (exact) mass is 253 g/mol. The Labute approximate surface area is 114 Å². The Morgan fingerprint density at radius 2 is 2.16 bits per heavy atom. The van der Waals surface area contributed by atoms with Gasteiger partial charge in [0, 0.05) is 17.8 Å². The highest BCUT2D eigenvalue weighted by Gasteiger charge is 2.05. The third-order valence-electron chi connectivity index (χ3n) is 3.08. The third kappa shape index (κ3) is 3.17. The van der Waals surface area contributed by atoms with Crippen LogP contribution < -0.4 is 5.32 Å². The van der Waals surface area contributed by atoms with E-state index in [4.69, 9.17) is 6.42 Å². The maximum atomic E-state index is 5.40. The van der Waals surface area contributed by atoms with E-state index < -0.39 is 0 Å². The highest BCUT2D eigenvalue weighted by Crippen LogP contribution is 2.12. The van der Waals surface area contributed by atoms with Gasteiger partial charge in [-0.25, -0.2) is 0 Å². The van der Waals surface area contributed by atoms with Crippen LogP contribution in [0.3, 0.4) is 0 Å². The highest BCUT2D eigenvalue weighted by atomic mass is 15.3. The minimum absolute atomic E-state index is 0.759. The Morgan fingerprint density at radius 1 is 1.32 bits per heavy atom. The van der Waals surface area contributed by atoms with Gasteiger partial charge < -0.3 is 5.32 Å². The summed E-state index contributed by atoms with van der Waals surface area (Å²) < 4.78 is 2.04. The fraction of sp³-hybridized carbons (Fsp3) is 0.312. The number of anilines is 1. The number of rotatable bonds is 5. The molecule has 0 saturated carbocycles. The molecule has 0 radical (unpaired) electrons. The van der Waals surface area contributed by atoms with Crippen molar-refractivity contribution in [2.24, 2.45) is 0 Å². The van der Waals surface area contributed by atoms with Gasteiger partial charge in [-0.1, -0.05) is 18.9 Å². The molecular weight excluding hydrogens is 234 g/mol. The van der Waals surface area contributed by atoms with Crippen molar-refractivity contribution in [2.75, 3.05) is 5.32 Å². The molecule has 0 spiro atoms. The molecule has 0 saturated heterocycles. The van der Waals surface area contributed by atoms with Crippen molar-refractivity contribution in [2.45, 2.75) is 33.4 Å². The molecule has 3 nitrogen and oxygen atoms in total. The second-order valence-corrected chi connectivity index (χ2v) is 4.38. The lowest BCUT2D eigenvalue weighted by Crippen LogP contribution is -2.07. The summed E-state index contributed by atoms with van der Waals surface area (Å²) in [4.78, 5) is 0. The second-order valence-electron chi connectivity index (χ2n) is 4.38. The van der Waals surface area contributed by atoms with Crippen molar-refractivity contribution in [3.8, 4) is 12.3 Å². The maximum absolute atomic E-state index is 5.40. The van der Waals surface area contributed by atoms with Gasteiger partial charge in [0.05, 0.1) is 17.9 Å². The zero-order valence-corrected chi connectivity index (χ0v) is 11.5. The first-order chi connectivity index (χ1) is 9.26. The number of terminal acetylenes is 1. The predicted molar refractivity (Wildman–Crippen MR) is 79.0 cm³/mol. The molecule has 0 atom stereocenters. The zero-order chi connectivity index (χ0) is 13.7. The fourth-order valence-electron chi connectivity index (χ4n) is 2.02. The van der Waals surface area contributed by atoms with Crippen LogP contribution >= 0.6 is 0 Å². The molecule has 98 valence electrons. The zero-order valence-electron chi connectivity index (χ0n) is 11.5. The Balaban J connectivity index is 2.09. The largest absolute Gasteiger partial charge is 0.379 e. The van der Waals surface area contributed by atoms with E-state index in [1.54, 1.807) is 0 Å². The first-order valence-corrected chi connectivity index (χ1v) is 6.63. The SMILES string of the molecule is C#Cc1cccc(NCc2cc(CC)nn2CC)c1. The quantitative estimate of drug-likeness (QED) is 0.830. The summed E-state index contributed by atoms with van der Waals surface area (Å²) in [5.74, 6) is 2.64. The van der Waals surface area contributed by atoms with E-state index in [0.29, 0.717) is 0 Å². The lowest BCUT2D eigenvalue weighted by atomic mass is 10.2. The van der Waals surface area contributed by atoms with Crippen molar-refractivity contribution in [1.29, 1.82) is 0 Å². The number of aryl methyl sites for hydroxylation is 2. The molecule has 1 heterocycles. The van der Waals surface area contributed by atoms with Crippen LogP contribution in [0.25, 0.3) is 0 Å². The van der Waals surface area contributed by atoms with Crippen LogP contribution in [0.1, 0.15) is 30.8 Å². The van der Waals surface area contributed by atoms with E-state index in [1.807, 2.05) is 28.9 Å². The Morgan fingerprint density at radius 3 is 2.84 bits per heavy atom. The third-order valence-corrected chi connectivity index (χ3v) is 3.08. The van der Waals surface area contributed by atoms with Crippen molar-refractivity contribution >= 4 is 5.69 Å². The number of nitrogens with one attached hydrogen (secondary N) is 1. The minimum Gasteiger partial charge on any atom is -0.379 e. The predicted octanol–water partition coefficient (Wildman–Crippen LogP) is 3.06. The maximum Gasteiger partial charge on any atom is 0.0625 e. The van der Waals surface area contributed by atoms with Crippen LogP contribution in [-0.2, 0) is 19.5 Å². The van der Waals surface area contributed by atoms with Gasteiger partial charge >= 0.3 is 0 Å². The van der Waals surface area contributed by atoms with E-state index in [2.05, 4.69) is 36.2 Å². The van der Waals surface area contributed by atoms with Gasteiger partial charge in [0.1, 0.15) is 0 Å². The van der Waals surface area contributed by atoms with Crippen molar-refractivity contribution in [3.05, 3.63) is 47.3 Å². The molecule has 0 amide bonds. The second kappa shape index (κ2) is 6.10. The Kier molecular flexibility index (Phi) is 4.25. The van der Waals surface area contributed by atoms with Gasteiger partial charge in [0.25, 0.3) is 0 Å². The first kappa shape index (κ1) is 13.2. The standard InChI is InChI=1S/C16H19N3/c1-4-13-8-7-9-15(10-13)17-12-16-11-14(5-2)18-19(16)6-3/h1,7-11,17H,5-6,12H2,2-3H3. The average molecular weight is 253 g/mol. The van der Waals surface area contributed by atoms with Crippen LogP contribution in [0.15, 0.2) is 30.3 Å². The summed E-state index contributed by atoms with van der Waals surface area (Å²) in [5, 5.41) is 7.93. The van der Waals surface area contributed by atoms with Crippen molar-refractivity contribution in [3.63, 3.8) is 0 Å². The molecule has 0 bridgehead atoms. The van der Waals surface area contributed by atoms with Gasteiger partial charge in [-0.15, -0.1) is 6.42 Å². The molecule has 3 heteroatoms. The summed E-state index contributed by atoms with van der Waals surface area (Å²) in [6.07, 6.45) is 6.37. The van der Waals surface area contributed by atoms with Crippen LogP contribution in [0.5, 0.6) is 0 Å². The van der Waals surface area contributed by atoms with E-state index in [0.717, 1.165) is 36.5 Å². The molecule has 1 aromatic carbocycles. The number of nitrogens with zero attached hydrogens (tertiary/aromatic N) is 2. The summed E-state index contributed by atoms with van der Waals surface area (Å²) in [6, 6.07) is 10.0. The highest BCUT2D eigenvalue weighted by molar-refractivity contribution is 5.50. The van der Waals surface area contributed by atoms with Crippen LogP contribution in [0.4, 0.5) is 5.69 Å². The van der Waals surface area contributed by atoms with Crippen molar-refractivity contribution < 1.29 is 0 Å². The number of benzene rings is 1. The van der Waals surface area contributed by atoms with Gasteiger partial charge in [-0.05, 0) is 37.6 Å². The molecule has 0 aliphatic carbocycles. The minimum atomic E-state index is 0.759. The molecule has 1 aromatic heterocycles. The molecule has 2 rings (SSSR count). The lowest BCUT2D eigenvalue weighted by Gasteiger charge is -2.08. The van der Waals surface area contributed by atoms with E-state index in [9.17, 15) is 0 Å². The van der Waals surface area contributed by atoms with E-state index in [-0.39, 0.29) is 0 Å². The number of aromatic nitrogens is 2. The van der Waals surface area contributed by atoms with Crippen LogP contribution in [0.2, 0.25) is 0 Å². The molecule has 2 aromatic rings. The summed E-state index contributed by atoms with van der Waals surface area (Å²) in [6.45, 7) is 5.88. The summed E-state index contributed by atoms with van der Waals surface area (Å²) in [5.41, 5.74) is 4.27. The normalized spacial score (nSPS) is 10.2. The van der Waals surface area contributed by atoms with Gasteiger partial charge in [0.2, 0.25) is 0 Å². The summed E-state index contributed by atoms with van der Waals surface area (Å²) >= 11 is 0. The molecule has 0 fully saturated rings. The van der Waals surface area contributed by atoms with Crippen molar-refractivity contribution in [1.82, 2.24) is 9.78 Å². The number of hydrogen-bond acceptors (Lipinski definition) is 2. The molecule has 1 N–H and O–H groups in total. The topological polar surface area (TPSA) is 29.9 Å². The van der Waals surface area contributed by atoms with Crippen LogP contribution in [-0.4, -0.2) is 9.78 Å². The fourth-order valence-corrected chi connectivity index (χ4v) is 2.02. The van der Waals surface area contributed by atoms with Crippen LogP contribution in [0, 0.1) is 12.3 Å². The average Bonchev–Trinajstić information content (AvgIpc) is 2.87. The number of hydrogen-bond donors (Lipinski definition) is 1. The first-order valence-electron chi connectivity index (χ1n) is 6.63. The smallest absolute Gasteiger partial charge is 0.0625 e. The Bertz CT molecular complexity index is 590. The molecule has 0 aliphatic rings. The molecule has 0 aliphatic heterocycles. The Hall–Kier alpha value is -2.21. The molecule has 19 heavy (non-hydrogen) atoms. The van der Waals surface area contributed by atoms with Gasteiger partial charge in [0.15, 0.2) is 0 Å². The van der Waals surface area contributed by atoms with Gasteiger partial charge in [-0.2, -0.15) is 5.10 Å². The summed E-state index contributed by atoms with van der Waals surface area (Å²) in [7, 11) is 0.